The van der Waals surface area contributed by atoms with E-state index in [2.05, 4.69) is 10.1 Å². The van der Waals surface area contributed by atoms with Crippen LogP contribution in [0, 0.1) is 0 Å². The van der Waals surface area contributed by atoms with Crippen LogP contribution in [-0.2, 0) is 16.1 Å². The summed E-state index contributed by atoms with van der Waals surface area (Å²) in [6.07, 6.45) is 0. The fourth-order valence-corrected chi connectivity index (χ4v) is 2.52. The molecule has 0 saturated carbocycles. The minimum Gasteiger partial charge on any atom is -0.493 e. The Labute approximate surface area is 159 Å². The maximum Gasteiger partial charge on any atom is 0.344 e. The quantitative estimate of drug-likeness (QED) is 0.569. The van der Waals surface area contributed by atoms with E-state index in [9.17, 15) is 4.79 Å². The van der Waals surface area contributed by atoms with Crippen molar-refractivity contribution in [1.82, 2.24) is 10.1 Å². The van der Waals surface area contributed by atoms with Gasteiger partial charge in [-0.05, 0) is 30.3 Å². The molecule has 0 amide bonds. The summed E-state index contributed by atoms with van der Waals surface area (Å²) in [4.78, 5) is 16.1. The molecular formula is C19H16N2O7. The van der Waals surface area contributed by atoms with Gasteiger partial charge in [0.15, 0.2) is 36.2 Å². The Balaban J connectivity index is 1.31. The van der Waals surface area contributed by atoms with Gasteiger partial charge in [0.05, 0.1) is 7.11 Å². The van der Waals surface area contributed by atoms with Crippen molar-refractivity contribution in [2.75, 3.05) is 20.5 Å². The fourth-order valence-electron chi connectivity index (χ4n) is 2.52. The van der Waals surface area contributed by atoms with Crippen molar-refractivity contribution in [2.45, 2.75) is 6.61 Å². The summed E-state index contributed by atoms with van der Waals surface area (Å²) in [5.41, 5.74) is 0.699. The van der Waals surface area contributed by atoms with Gasteiger partial charge < -0.3 is 28.2 Å². The van der Waals surface area contributed by atoms with Crippen LogP contribution in [0.4, 0.5) is 0 Å². The number of benzene rings is 2. The molecule has 144 valence electrons. The number of rotatable bonds is 7. The van der Waals surface area contributed by atoms with Crippen LogP contribution >= 0.6 is 0 Å². The van der Waals surface area contributed by atoms with Crippen LogP contribution in [0.25, 0.3) is 11.4 Å². The molecule has 28 heavy (non-hydrogen) atoms. The molecule has 0 fully saturated rings. The standard InChI is InChI=1S/C19H16N2O7/c1-23-13-4-2-3-5-14(13)24-10-18(22)25-9-17-20-19(21-28-17)12-6-7-15-16(8-12)27-11-26-15/h2-8H,9-11H2,1H3. The van der Waals surface area contributed by atoms with Crippen LogP contribution in [0.3, 0.4) is 0 Å². The van der Waals surface area contributed by atoms with Crippen molar-refractivity contribution in [3.8, 4) is 34.4 Å². The first-order chi connectivity index (χ1) is 13.7. The first-order valence-corrected chi connectivity index (χ1v) is 8.37. The summed E-state index contributed by atoms with van der Waals surface area (Å²) in [6.45, 7) is -0.252. The molecule has 3 aromatic rings. The third-order valence-electron chi connectivity index (χ3n) is 3.87. The number of aromatic nitrogens is 2. The van der Waals surface area contributed by atoms with Crippen molar-refractivity contribution in [1.29, 1.82) is 0 Å². The lowest BCUT2D eigenvalue weighted by atomic mass is 10.2. The van der Waals surface area contributed by atoms with Crippen LogP contribution in [0.2, 0.25) is 0 Å². The van der Waals surface area contributed by atoms with Gasteiger partial charge in [0, 0.05) is 5.56 Å². The number of carbonyl (C=O) groups excluding carboxylic acids is 1. The molecule has 0 unspecified atom stereocenters. The highest BCUT2D eigenvalue weighted by molar-refractivity contribution is 5.71. The zero-order valence-electron chi connectivity index (χ0n) is 14.9. The highest BCUT2D eigenvalue weighted by Gasteiger charge is 2.17. The average molecular weight is 384 g/mol. The molecule has 1 aromatic heterocycles. The van der Waals surface area contributed by atoms with Crippen LogP contribution in [0.15, 0.2) is 47.0 Å². The van der Waals surface area contributed by atoms with E-state index in [0.717, 1.165) is 0 Å². The normalized spacial score (nSPS) is 11.9. The second-order valence-corrected chi connectivity index (χ2v) is 5.68. The number of ether oxygens (including phenoxy) is 5. The van der Waals surface area contributed by atoms with E-state index in [1.807, 2.05) is 0 Å². The minimum atomic E-state index is -0.575. The van der Waals surface area contributed by atoms with E-state index < -0.39 is 5.97 Å². The van der Waals surface area contributed by atoms with Gasteiger partial charge in [-0.15, -0.1) is 0 Å². The number of fused-ring (bicyclic) bond motifs is 1. The smallest absolute Gasteiger partial charge is 0.344 e. The molecule has 0 bridgehead atoms. The van der Waals surface area contributed by atoms with Crippen molar-refractivity contribution >= 4 is 5.97 Å². The van der Waals surface area contributed by atoms with Gasteiger partial charge in [0.25, 0.3) is 5.89 Å². The summed E-state index contributed by atoms with van der Waals surface area (Å²) >= 11 is 0. The van der Waals surface area contributed by atoms with E-state index >= 15 is 0 Å². The monoisotopic (exact) mass is 384 g/mol. The van der Waals surface area contributed by atoms with Crippen molar-refractivity contribution in [3.63, 3.8) is 0 Å². The lowest BCUT2D eigenvalue weighted by Crippen LogP contribution is -2.15. The highest BCUT2D eigenvalue weighted by Crippen LogP contribution is 2.35. The summed E-state index contributed by atoms with van der Waals surface area (Å²) in [5, 5.41) is 3.88. The largest absolute Gasteiger partial charge is 0.493 e. The second kappa shape index (κ2) is 7.87. The second-order valence-electron chi connectivity index (χ2n) is 5.68. The molecule has 0 aliphatic carbocycles. The van der Waals surface area contributed by atoms with E-state index in [0.29, 0.717) is 34.4 Å². The van der Waals surface area contributed by atoms with Gasteiger partial charge in [-0.25, -0.2) is 4.79 Å². The Morgan fingerprint density at radius 1 is 1.11 bits per heavy atom. The number of para-hydroxylation sites is 2. The van der Waals surface area contributed by atoms with Crippen LogP contribution in [0.5, 0.6) is 23.0 Å². The molecule has 0 atom stereocenters. The molecule has 0 N–H and O–H groups in total. The van der Waals surface area contributed by atoms with Gasteiger partial charge in [-0.1, -0.05) is 17.3 Å². The van der Waals surface area contributed by atoms with Crippen LogP contribution in [0.1, 0.15) is 5.89 Å². The third-order valence-corrected chi connectivity index (χ3v) is 3.87. The maximum atomic E-state index is 11.9. The number of methoxy groups -OCH3 is 1. The zero-order valence-corrected chi connectivity index (χ0v) is 14.9. The number of hydrogen-bond acceptors (Lipinski definition) is 9. The Kier molecular flexibility index (Phi) is 4.96. The third kappa shape index (κ3) is 3.83. The Bertz CT molecular complexity index is 986. The first-order valence-electron chi connectivity index (χ1n) is 8.37. The summed E-state index contributed by atoms with van der Waals surface area (Å²) < 4.78 is 31.4. The van der Waals surface area contributed by atoms with Gasteiger partial charge >= 0.3 is 5.97 Å². The van der Waals surface area contributed by atoms with E-state index in [1.165, 1.54) is 7.11 Å². The molecule has 1 aliphatic heterocycles. The van der Waals surface area contributed by atoms with Crippen molar-refractivity contribution < 1.29 is 33.0 Å². The lowest BCUT2D eigenvalue weighted by Gasteiger charge is -2.09. The predicted molar refractivity (Wildman–Crippen MR) is 94.1 cm³/mol. The highest BCUT2D eigenvalue weighted by atomic mass is 16.7. The van der Waals surface area contributed by atoms with Crippen LogP contribution in [-0.4, -0.2) is 36.6 Å². The molecule has 0 spiro atoms. The molecule has 1 aliphatic rings. The molecule has 4 rings (SSSR count). The van der Waals surface area contributed by atoms with Gasteiger partial charge in [-0.2, -0.15) is 4.98 Å². The molecule has 2 aromatic carbocycles. The topological polar surface area (TPSA) is 102 Å². The zero-order chi connectivity index (χ0) is 19.3. The van der Waals surface area contributed by atoms with Gasteiger partial charge in [0.1, 0.15) is 0 Å². The Hall–Kier alpha value is -3.75. The van der Waals surface area contributed by atoms with E-state index in [1.54, 1.807) is 42.5 Å². The Morgan fingerprint density at radius 2 is 1.93 bits per heavy atom. The maximum absolute atomic E-state index is 11.9. The summed E-state index contributed by atoms with van der Waals surface area (Å²) in [5.74, 6) is 2.20. The fraction of sp³-hybridized carbons (Fsp3) is 0.211. The van der Waals surface area contributed by atoms with Crippen LogP contribution < -0.4 is 18.9 Å². The molecule has 0 radical (unpaired) electrons. The number of nitrogens with zero attached hydrogens (tertiary/aromatic N) is 2. The van der Waals surface area contributed by atoms with Crippen molar-refractivity contribution in [2.24, 2.45) is 0 Å². The molecule has 0 saturated heterocycles. The van der Waals surface area contributed by atoms with Crippen molar-refractivity contribution in [3.05, 3.63) is 48.4 Å². The van der Waals surface area contributed by atoms with Gasteiger partial charge in [-0.3, -0.25) is 0 Å². The number of hydrogen-bond donors (Lipinski definition) is 0. The SMILES string of the molecule is COc1ccccc1OCC(=O)OCc1nc(-c2ccc3c(c2)OCO3)no1. The molecule has 9 nitrogen and oxygen atoms in total. The predicted octanol–water partition coefficient (Wildman–Crippen LogP) is 2.60. The lowest BCUT2D eigenvalue weighted by molar-refractivity contribution is -0.148. The molecular weight excluding hydrogens is 368 g/mol. The van der Waals surface area contributed by atoms with E-state index in [4.69, 9.17) is 28.2 Å². The first kappa shape index (κ1) is 17.7. The Morgan fingerprint density at radius 3 is 2.79 bits per heavy atom. The summed E-state index contributed by atoms with van der Waals surface area (Å²) in [6, 6.07) is 12.3. The number of esters is 1. The molecule has 9 heteroatoms. The average Bonchev–Trinajstić information content (AvgIpc) is 3.39. The molecule has 2 heterocycles. The minimum absolute atomic E-state index is 0.161. The van der Waals surface area contributed by atoms with Gasteiger partial charge in [0.2, 0.25) is 12.6 Å². The summed E-state index contributed by atoms with van der Waals surface area (Å²) in [7, 11) is 1.52. The number of carbonyl (C=O) groups is 1. The van der Waals surface area contributed by atoms with E-state index in [-0.39, 0.29) is 25.9 Å².